The summed E-state index contributed by atoms with van der Waals surface area (Å²) in [6.45, 7) is 0. The van der Waals surface area contributed by atoms with Gasteiger partial charge in [0.15, 0.2) is 11.6 Å². The van der Waals surface area contributed by atoms with Gasteiger partial charge in [-0.1, -0.05) is 6.07 Å². The minimum absolute atomic E-state index is 0.272. The predicted octanol–water partition coefficient (Wildman–Crippen LogP) is 1.84. The molecule has 0 fully saturated rings. The van der Waals surface area contributed by atoms with Crippen molar-refractivity contribution < 1.29 is 13.9 Å². The largest absolute Gasteiger partial charge is 0.392 e. The van der Waals surface area contributed by atoms with Crippen LogP contribution in [0.3, 0.4) is 0 Å². The first-order valence-electron chi connectivity index (χ1n) is 5.65. The molecular formula is C13H14F2N2O. The third-order valence-corrected chi connectivity index (χ3v) is 2.67. The van der Waals surface area contributed by atoms with E-state index >= 15 is 0 Å². The van der Waals surface area contributed by atoms with Crippen molar-refractivity contribution in [2.45, 2.75) is 18.9 Å². The summed E-state index contributed by atoms with van der Waals surface area (Å²) >= 11 is 0. The molecule has 0 amide bonds. The Morgan fingerprint density at radius 2 is 2.00 bits per heavy atom. The highest BCUT2D eigenvalue weighted by atomic mass is 19.2. The van der Waals surface area contributed by atoms with Gasteiger partial charge in [-0.15, -0.1) is 0 Å². The summed E-state index contributed by atoms with van der Waals surface area (Å²) in [7, 11) is 1.80. The molecule has 1 atom stereocenters. The highest BCUT2D eigenvalue weighted by Gasteiger charge is 2.10. The van der Waals surface area contributed by atoms with Gasteiger partial charge in [-0.05, 0) is 30.2 Å². The van der Waals surface area contributed by atoms with Crippen LogP contribution in [-0.2, 0) is 19.9 Å². The average molecular weight is 252 g/mol. The molecule has 2 aromatic rings. The molecule has 0 spiro atoms. The molecule has 3 nitrogen and oxygen atoms in total. The second-order valence-corrected chi connectivity index (χ2v) is 4.29. The summed E-state index contributed by atoms with van der Waals surface area (Å²) in [5.74, 6) is -1.77. The Morgan fingerprint density at radius 3 is 2.61 bits per heavy atom. The summed E-state index contributed by atoms with van der Waals surface area (Å²) in [5, 5.41) is 14.0. The lowest BCUT2D eigenvalue weighted by molar-refractivity contribution is 0.174. The second kappa shape index (κ2) is 5.27. The number of aliphatic hydroxyl groups is 1. The molecule has 1 heterocycles. The Balaban J connectivity index is 1.98. The summed E-state index contributed by atoms with van der Waals surface area (Å²) < 4.78 is 27.4. The monoisotopic (exact) mass is 252 g/mol. The number of nitrogens with zero attached hydrogens (tertiary/aromatic N) is 2. The van der Waals surface area contributed by atoms with Crippen LogP contribution in [0.5, 0.6) is 0 Å². The third-order valence-electron chi connectivity index (χ3n) is 2.67. The van der Waals surface area contributed by atoms with Gasteiger partial charge in [0.05, 0.1) is 11.8 Å². The van der Waals surface area contributed by atoms with Crippen molar-refractivity contribution in [3.63, 3.8) is 0 Å². The van der Waals surface area contributed by atoms with Gasteiger partial charge in [0, 0.05) is 19.7 Å². The van der Waals surface area contributed by atoms with E-state index in [0.29, 0.717) is 12.0 Å². The molecule has 5 heteroatoms. The van der Waals surface area contributed by atoms with E-state index in [9.17, 15) is 13.9 Å². The van der Waals surface area contributed by atoms with Crippen LogP contribution < -0.4 is 0 Å². The smallest absolute Gasteiger partial charge is 0.159 e. The zero-order valence-corrected chi connectivity index (χ0v) is 9.98. The number of halogens is 2. The van der Waals surface area contributed by atoms with Gasteiger partial charge in [-0.2, -0.15) is 5.10 Å². The van der Waals surface area contributed by atoms with Crippen molar-refractivity contribution in [3.8, 4) is 0 Å². The molecule has 1 aromatic carbocycles. The molecule has 2 rings (SSSR count). The SMILES string of the molecule is Cn1ccc(CC(O)Cc2ccc(F)c(F)c2)n1. The zero-order valence-electron chi connectivity index (χ0n) is 9.98. The molecule has 1 unspecified atom stereocenters. The van der Waals surface area contributed by atoms with Gasteiger partial charge >= 0.3 is 0 Å². The summed E-state index contributed by atoms with van der Waals surface area (Å²) in [4.78, 5) is 0. The summed E-state index contributed by atoms with van der Waals surface area (Å²) in [6.07, 6.45) is 1.79. The van der Waals surface area contributed by atoms with Gasteiger partial charge in [0.25, 0.3) is 0 Å². The minimum atomic E-state index is -0.891. The van der Waals surface area contributed by atoms with Gasteiger partial charge in [-0.25, -0.2) is 8.78 Å². The summed E-state index contributed by atoms with van der Waals surface area (Å²) in [5.41, 5.74) is 1.34. The molecule has 0 radical (unpaired) electrons. The van der Waals surface area contributed by atoms with Crippen LogP contribution in [0.2, 0.25) is 0 Å². The Hall–Kier alpha value is -1.75. The van der Waals surface area contributed by atoms with Crippen molar-refractivity contribution >= 4 is 0 Å². The molecule has 0 saturated heterocycles. The quantitative estimate of drug-likeness (QED) is 0.901. The Morgan fingerprint density at radius 1 is 1.22 bits per heavy atom. The number of hydrogen-bond donors (Lipinski definition) is 1. The van der Waals surface area contributed by atoms with Crippen LogP contribution in [0.15, 0.2) is 30.5 Å². The van der Waals surface area contributed by atoms with E-state index in [1.807, 2.05) is 6.07 Å². The standard InChI is InChI=1S/C13H14F2N2O/c1-17-5-4-10(16-17)8-11(18)6-9-2-3-12(14)13(15)7-9/h2-5,7,11,18H,6,8H2,1H3. The summed E-state index contributed by atoms with van der Waals surface area (Å²) in [6, 6.07) is 5.46. The minimum Gasteiger partial charge on any atom is -0.392 e. The number of aliphatic hydroxyl groups excluding tert-OH is 1. The molecule has 96 valence electrons. The Bertz CT molecular complexity index is 540. The molecule has 0 aliphatic heterocycles. The highest BCUT2D eigenvalue weighted by molar-refractivity contribution is 5.19. The van der Waals surface area contributed by atoms with Crippen LogP contribution >= 0.6 is 0 Å². The van der Waals surface area contributed by atoms with E-state index in [1.54, 1.807) is 17.9 Å². The van der Waals surface area contributed by atoms with Crippen molar-refractivity contribution in [2.24, 2.45) is 7.05 Å². The number of aromatic nitrogens is 2. The zero-order chi connectivity index (χ0) is 13.1. The van der Waals surface area contributed by atoms with Gasteiger partial charge < -0.3 is 5.11 Å². The first-order valence-corrected chi connectivity index (χ1v) is 5.65. The fourth-order valence-corrected chi connectivity index (χ4v) is 1.82. The van der Waals surface area contributed by atoms with Gasteiger partial charge in [0.2, 0.25) is 0 Å². The van der Waals surface area contributed by atoms with E-state index in [4.69, 9.17) is 0 Å². The van der Waals surface area contributed by atoms with E-state index in [1.165, 1.54) is 6.07 Å². The molecule has 1 N–H and O–H groups in total. The van der Waals surface area contributed by atoms with Gasteiger partial charge in [0.1, 0.15) is 0 Å². The number of hydrogen-bond acceptors (Lipinski definition) is 2. The van der Waals surface area contributed by atoms with Gasteiger partial charge in [-0.3, -0.25) is 4.68 Å². The van der Waals surface area contributed by atoms with Crippen molar-refractivity contribution in [1.29, 1.82) is 0 Å². The van der Waals surface area contributed by atoms with Crippen LogP contribution in [0.1, 0.15) is 11.3 Å². The van der Waals surface area contributed by atoms with E-state index in [-0.39, 0.29) is 6.42 Å². The van der Waals surface area contributed by atoms with Crippen LogP contribution in [-0.4, -0.2) is 21.0 Å². The maximum absolute atomic E-state index is 13.0. The topological polar surface area (TPSA) is 38.0 Å². The lowest BCUT2D eigenvalue weighted by atomic mass is 10.0. The average Bonchev–Trinajstić information content (AvgIpc) is 2.69. The molecule has 0 saturated carbocycles. The Labute approximate surface area is 104 Å². The predicted molar refractivity (Wildman–Crippen MR) is 63.0 cm³/mol. The van der Waals surface area contributed by atoms with Crippen LogP contribution in [0.25, 0.3) is 0 Å². The normalized spacial score (nSPS) is 12.7. The maximum Gasteiger partial charge on any atom is 0.159 e. The van der Waals surface area contributed by atoms with Crippen molar-refractivity contribution in [2.75, 3.05) is 0 Å². The molecular weight excluding hydrogens is 238 g/mol. The first kappa shape index (κ1) is 12.7. The number of rotatable bonds is 4. The fourth-order valence-electron chi connectivity index (χ4n) is 1.82. The van der Waals surface area contributed by atoms with Crippen molar-refractivity contribution in [1.82, 2.24) is 9.78 Å². The first-order chi connectivity index (χ1) is 8.54. The molecule has 18 heavy (non-hydrogen) atoms. The lowest BCUT2D eigenvalue weighted by Crippen LogP contribution is -2.14. The number of aryl methyl sites for hydroxylation is 1. The van der Waals surface area contributed by atoms with Crippen molar-refractivity contribution in [3.05, 3.63) is 53.4 Å². The second-order valence-electron chi connectivity index (χ2n) is 4.29. The molecule has 0 bridgehead atoms. The highest BCUT2D eigenvalue weighted by Crippen LogP contribution is 2.12. The molecule has 1 aromatic heterocycles. The fraction of sp³-hybridized carbons (Fsp3) is 0.308. The van der Waals surface area contributed by atoms with E-state index < -0.39 is 17.7 Å². The number of benzene rings is 1. The van der Waals surface area contributed by atoms with E-state index in [2.05, 4.69) is 5.10 Å². The molecule has 0 aliphatic rings. The lowest BCUT2D eigenvalue weighted by Gasteiger charge is -2.09. The van der Waals surface area contributed by atoms with Crippen LogP contribution in [0.4, 0.5) is 8.78 Å². The Kier molecular flexibility index (Phi) is 3.72. The molecule has 0 aliphatic carbocycles. The third kappa shape index (κ3) is 3.13. The van der Waals surface area contributed by atoms with Crippen LogP contribution in [0, 0.1) is 11.6 Å². The van der Waals surface area contributed by atoms with E-state index in [0.717, 1.165) is 17.8 Å². The maximum atomic E-state index is 13.0.